The van der Waals surface area contributed by atoms with Crippen LogP contribution in [0.25, 0.3) is 22.0 Å². The fraction of sp³-hybridized carbons (Fsp3) is 0.297. The standard InChI is InChI=1S/C37H34ClFN6O3/c1-22(46)35-29-16-24(42-25-18-40-21-41-19-25)9-10-33(29)45(44-35)20-26(47)17-37-13-11-23(12-14-37)15-30(37)36(48)43-32-8-4-6-28(34(32)39)27-5-2-3-7-31(27)38/h2-10,16,18-19,21,23,30,42H,11-15,17,20H2,1H3,(H,43,48). The van der Waals surface area contributed by atoms with Gasteiger partial charge in [-0.1, -0.05) is 41.9 Å². The van der Waals surface area contributed by atoms with Crippen LogP contribution in [0.1, 0.15) is 55.9 Å². The lowest BCUT2D eigenvalue weighted by molar-refractivity contribution is -0.136. The van der Waals surface area contributed by atoms with E-state index in [0.717, 1.165) is 31.4 Å². The summed E-state index contributed by atoms with van der Waals surface area (Å²) in [6.45, 7) is 1.42. The molecule has 3 fully saturated rings. The Kier molecular flexibility index (Phi) is 8.51. The van der Waals surface area contributed by atoms with Crippen molar-refractivity contribution >= 4 is 57.0 Å². The molecule has 48 heavy (non-hydrogen) atoms. The highest BCUT2D eigenvalue weighted by atomic mass is 35.5. The van der Waals surface area contributed by atoms with Crippen LogP contribution in [0.2, 0.25) is 5.02 Å². The molecule has 5 aromatic rings. The Balaban J connectivity index is 1.11. The van der Waals surface area contributed by atoms with Crippen molar-refractivity contribution in [3.8, 4) is 11.1 Å². The van der Waals surface area contributed by atoms with E-state index >= 15 is 4.39 Å². The molecule has 9 nitrogen and oxygen atoms in total. The van der Waals surface area contributed by atoms with E-state index in [-0.39, 0.29) is 41.8 Å². The minimum Gasteiger partial charge on any atom is -0.353 e. The van der Waals surface area contributed by atoms with E-state index in [1.165, 1.54) is 13.3 Å². The van der Waals surface area contributed by atoms with Crippen molar-refractivity contribution < 1.29 is 18.8 Å². The Hall–Kier alpha value is -4.96. The van der Waals surface area contributed by atoms with Crippen molar-refractivity contribution in [1.82, 2.24) is 19.7 Å². The van der Waals surface area contributed by atoms with E-state index in [1.807, 2.05) is 18.2 Å². The molecule has 2 N–H and O–H groups in total. The van der Waals surface area contributed by atoms with Crippen LogP contribution >= 0.6 is 11.6 Å². The number of ketones is 2. The van der Waals surface area contributed by atoms with Crippen LogP contribution in [0.15, 0.2) is 79.4 Å². The first-order valence-corrected chi connectivity index (χ1v) is 16.5. The number of anilines is 3. The number of benzene rings is 3. The lowest BCUT2D eigenvalue weighted by Crippen LogP contribution is -2.48. The SMILES string of the molecule is CC(=O)c1nn(CC(=O)CC23CCC(CC2)CC3C(=O)Nc2cccc(-c3ccccc3Cl)c2F)c2ccc(Nc3cncnc3)cc12. The summed E-state index contributed by atoms with van der Waals surface area (Å²) in [4.78, 5) is 48.4. The van der Waals surface area contributed by atoms with Gasteiger partial charge in [-0.3, -0.25) is 19.1 Å². The molecule has 0 aliphatic heterocycles. The Bertz CT molecular complexity index is 2040. The molecule has 8 rings (SSSR count). The maximum Gasteiger partial charge on any atom is 0.228 e. The number of nitrogens with zero attached hydrogens (tertiary/aromatic N) is 4. The smallest absolute Gasteiger partial charge is 0.228 e. The number of carbonyl (C=O) groups excluding carboxylic acids is 3. The number of fused-ring (bicyclic) bond motifs is 4. The average molecular weight is 665 g/mol. The van der Waals surface area contributed by atoms with Crippen LogP contribution in [0.4, 0.5) is 21.5 Å². The fourth-order valence-electron chi connectivity index (χ4n) is 7.62. The number of rotatable bonds is 10. The van der Waals surface area contributed by atoms with Crippen molar-refractivity contribution in [1.29, 1.82) is 0 Å². The average Bonchev–Trinajstić information content (AvgIpc) is 3.44. The zero-order chi connectivity index (χ0) is 33.4. The van der Waals surface area contributed by atoms with Gasteiger partial charge in [-0.15, -0.1) is 0 Å². The van der Waals surface area contributed by atoms with E-state index in [0.29, 0.717) is 45.1 Å². The molecule has 1 unspecified atom stereocenters. The van der Waals surface area contributed by atoms with E-state index < -0.39 is 17.2 Å². The summed E-state index contributed by atoms with van der Waals surface area (Å²) in [5.41, 5.74) is 2.77. The summed E-state index contributed by atoms with van der Waals surface area (Å²) in [5.74, 6) is -1.13. The molecule has 0 spiro atoms. The first-order valence-electron chi connectivity index (χ1n) is 16.1. The van der Waals surface area contributed by atoms with Gasteiger partial charge in [0.1, 0.15) is 18.6 Å². The van der Waals surface area contributed by atoms with Gasteiger partial charge in [0, 0.05) is 46.5 Å². The number of aromatic nitrogens is 4. The molecule has 2 heterocycles. The Morgan fingerprint density at radius 1 is 0.979 bits per heavy atom. The van der Waals surface area contributed by atoms with Crippen molar-refractivity contribution in [3.05, 3.63) is 95.9 Å². The second kappa shape index (κ2) is 12.9. The predicted octanol–water partition coefficient (Wildman–Crippen LogP) is 8.03. The van der Waals surface area contributed by atoms with Crippen LogP contribution in [0.3, 0.4) is 0 Å². The molecule has 3 aromatic carbocycles. The van der Waals surface area contributed by atoms with Gasteiger partial charge in [-0.2, -0.15) is 5.10 Å². The second-order valence-corrected chi connectivity index (χ2v) is 13.4. The largest absolute Gasteiger partial charge is 0.353 e. The third-order valence-corrected chi connectivity index (χ3v) is 10.3. The number of halogens is 2. The van der Waals surface area contributed by atoms with E-state index in [4.69, 9.17) is 11.6 Å². The Morgan fingerprint density at radius 2 is 1.73 bits per heavy atom. The molecular formula is C37H34ClFN6O3. The number of amides is 1. The molecule has 3 aliphatic rings. The van der Waals surface area contributed by atoms with Crippen molar-refractivity contribution in [2.24, 2.45) is 17.3 Å². The third-order valence-electron chi connectivity index (χ3n) is 9.95. The number of carbonyl (C=O) groups is 3. The summed E-state index contributed by atoms with van der Waals surface area (Å²) in [7, 11) is 0. The van der Waals surface area contributed by atoms with Crippen LogP contribution in [-0.2, 0) is 16.1 Å². The first kappa shape index (κ1) is 31.6. The van der Waals surface area contributed by atoms with Crippen LogP contribution < -0.4 is 10.6 Å². The molecule has 1 amide bonds. The topological polar surface area (TPSA) is 119 Å². The summed E-state index contributed by atoms with van der Waals surface area (Å²) in [6.07, 6.45) is 9.00. The molecule has 2 bridgehead atoms. The third kappa shape index (κ3) is 6.08. The quantitative estimate of drug-likeness (QED) is 0.145. The Morgan fingerprint density at radius 3 is 2.48 bits per heavy atom. The van der Waals surface area contributed by atoms with E-state index in [9.17, 15) is 14.4 Å². The lowest BCUT2D eigenvalue weighted by Gasteiger charge is -2.51. The monoisotopic (exact) mass is 664 g/mol. The Labute approximate surface area is 281 Å². The highest BCUT2D eigenvalue weighted by molar-refractivity contribution is 6.33. The van der Waals surface area contributed by atoms with E-state index in [1.54, 1.807) is 59.5 Å². The molecular weight excluding hydrogens is 631 g/mol. The number of nitrogens with one attached hydrogen (secondary N) is 2. The molecule has 0 radical (unpaired) electrons. The van der Waals surface area contributed by atoms with Crippen LogP contribution in [0, 0.1) is 23.1 Å². The first-order chi connectivity index (χ1) is 23.2. The highest BCUT2D eigenvalue weighted by Gasteiger charge is 2.51. The summed E-state index contributed by atoms with van der Waals surface area (Å²) in [6, 6.07) is 17.4. The van der Waals surface area contributed by atoms with Crippen molar-refractivity contribution in [3.63, 3.8) is 0 Å². The maximum absolute atomic E-state index is 15.8. The van der Waals surface area contributed by atoms with Gasteiger partial charge in [0.2, 0.25) is 5.91 Å². The van der Waals surface area contributed by atoms with Crippen LogP contribution in [-0.4, -0.2) is 37.2 Å². The van der Waals surface area contributed by atoms with Gasteiger partial charge < -0.3 is 10.6 Å². The normalized spacial score (nSPS) is 20.1. The minimum absolute atomic E-state index is 0.0306. The molecule has 11 heteroatoms. The number of hydrogen-bond acceptors (Lipinski definition) is 7. The molecule has 3 saturated carbocycles. The summed E-state index contributed by atoms with van der Waals surface area (Å²) >= 11 is 6.35. The second-order valence-electron chi connectivity index (χ2n) is 13.0. The zero-order valence-corrected chi connectivity index (χ0v) is 27.1. The van der Waals surface area contributed by atoms with Gasteiger partial charge in [0.25, 0.3) is 0 Å². The van der Waals surface area contributed by atoms with Gasteiger partial charge in [-0.05, 0) is 73.8 Å². The summed E-state index contributed by atoms with van der Waals surface area (Å²) in [5, 5.41) is 11.7. The maximum atomic E-state index is 15.8. The zero-order valence-electron chi connectivity index (χ0n) is 26.4. The predicted molar refractivity (Wildman–Crippen MR) is 183 cm³/mol. The molecule has 1 atom stereocenters. The van der Waals surface area contributed by atoms with Crippen molar-refractivity contribution in [2.45, 2.75) is 52.0 Å². The van der Waals surface area contributed by atoms with E-state index in [2.05, 4.69) is 25.7 Å². The van der Waals surface area contributed by atoms with Gasteiger partial charge >= 0.3 is 0 Å². The molecule has 244 valence electrons. The van der Waals surface area contributed by atoms with Crippen molar-refractivity contribution in [2.75, 3.05) is 10.6 Å². The molecule has 0 saturated heterocycles. The van der Waals surface area contributed by atoms with Crippen LogP contribution in [0.5, 0.6) is 0 Å². The highest BCUT2D eigenvalue weighted by Crippen LogP contribution is 2.56. The summed E-state index contributed by atoms with van der Waals surface area (Å²) < 4.78 is 17.3. The number of hydrogen-bond donors (Lipinski definition) is 2. The van der Waals surface area contributed by atoms with Gasteiger partial charge in [0.15, 0.2) is 17.4 Å². The molecule has 2 aromatic heterocycles. The fourth-order valence-corrected chi connectivity index (χ4v) is 7.86. The lowest BCUT2D eigenvalue weighted by atomic mass is 9.53. The molecule has 3 aliphatic carbocycles. The van der Waals surface area contributed by atoms with Gasteiger partial charge in [0.05, 0.1) is 29.3 Å². The number of Topliss-reactive ketones (excluding diaryl/α,β-unsaturated/α-hetero) is 2. The minimum atomic E-state index is -0.549. The van der Waals surface area contributed by atoms with Gasteiger partial charge in [-0.25, -0.2) is 14.4 Å².